The van der Waals surface area contributed by atoms with Crippen molar-refractivity contribution in [2.45, 2.75) is 26.7 Å². The third kappa shape index (κ3) is 4.74. The van der Waals surface area contributed by atoms with Gasteiger partial charge in [0, 0.05) is 13.1 Å². The smallest absolute Gasteiger partial charge is 0.305 e. The quantitative estimate of drug-likeness (QED) is 0.809. The van der Waals surface area contributed by atoms with E-state index in [1.54, 1.807) is 11.0 Å². The molecule has 0 amide bonds. The van der Waals surface area contributed by atoms with Crippen LogP contribution in [0.1, 0.15) is 24.0 Å². The number of rotatable bonds is 7. The lowest BCUT2D eigenvalue weighted by molar-refractivity contribution is -0.137. The van der Waals surface area contributed by atoms with Gasteiger partial charge in [0.25, 0.3) is 0 Å². The highest BCUT2D eigenvalue weighted by Crippen LogP contribution is 2.31. The largest absolute Gasteiger partial charge is 0.481 e. The molecule has 0 spiro atoms. The van der Waals surface area contributed by atoms with E-state index < -0.39 is 11.9 Å². The van der Waals surface area contributed by atoms with Crippen LogP contribution in [0.3, 0.4) is 0 Å². The standard InChI is InChI=1S/C14H18ClNO4/c1-9-7-10(2)14(11(15)8-9)16(5-3-12(17)18)6-4-13(19)20/h7-8H,3-6H2,1-2H3,(H,17,18)(H,19,20). The minimum absolute atomic E-state index is 0.0662. The van der Waals surface area contributed by atoms with Crippen molar-refractivity contribution >= 4 is 29.2 Å². The van der Waals surface area contributed by atoms with E-state index in [9.17, 15) is 9.59 Å². The zero-order valence-corrected chi connectivity index (χ0v) is 12.3. The summed E-state index contributed by atoms with van der Waals surface area (Å²) in [6, 6.07) is 3.73. The maximum Gasteiger partial charge on any atom is 0.305 e. The summed E-state index contributed by atoms with van der Waals surface area (Å²) in [7, 11) is 0. The molecular weight excluding hydrogens is 282 g/mol. The number of anilines is 1. The van der Waals surface area contributed by atoms with Crippen molar-refractivity contribution in [1.82, 2.24) is 0 Å². The number of nitrogens with zero attached hydrogens (tertiary/aromatic N) is 1. The normalized spacial score (nSPS) is 10.3. The van der Waals surface area contributed by atoms with E-state index in [2.05, 4.69) is 0 Å². The number of hydrogen-bond acceptors (Lipinski definition) is 3. The minimum Gasteiger partial charge on any atom is -0.481 e. The molecule has 0 aliphatic rings. The van der Waals surface area contributed by atoms with E-state index in [0.29, 0.717) is 10.7 Å². The molecule has 1 rings (SSSR count). The molecule has 0 heterocycles. The summed E-state index contributed by atoms with van der Waals surface area (Å²) < 4.78 is 0. The van der Waals surface area contributed by atoms with Crippen LogP contribution in [0.15, 0.2) is 12.1 Å². The van der Waals surface area contributed by atoms with Gasteiger partial charge in [0.2, 0.25) is 0 Å². The Hall–Kier alpha value is -1.75. The Morgan fingerprint density at radius 1 is 1.10 bits per heavy atom. The molecule has 2 N–H and O–H groups in total. The highest BCUT2D eigenvalue weighted by atomic mass is 35.5. The van der Waals surface area contributed by atoms with Crippen LogP contribution < -0.4 is 4.90 Å². The van der Waals surface area contributed by atoms with Crippen LogP contribution in [-0.4, -0.2) is 35.2 Å². The molecule has 0 radical (unpaired) electrons. The summed E-state index contributed by atoms with van der Waals surface area (Å²) in [6.45, 7) is 4.25. The topological polar surface area (TPSA) is 77.8 Å². The number of carbonyl (C=O) groups is 2. The van der Waals surface area contributed by atoms with Gasteiger partial charge in [-0.25, -0.2) is 0 Å². The van der Waals surface area contributed by atoms with Gasteiger partial charge < -0.3 is 15.1 Å². The van der Waals surface area contributed by atoms with E-state index in [4.69, 9.17) is 21.8 Å². The fourth-order valence-electron chi connectivity index (χ4n) is 2.11. The molecule has 20 heavy (non-hydrogen) atoms. The average molecular weight is 300 g/mol. The summed E-state index contributed by atoms with van der Waals surface area (Å²) in [5.41, 5.74) is 2.62. The first-order valence-electron chi connectivity index (χ1n) is 6.26. The summed E-state index contributed by atoms with van der Waals surface area (Å²) in [4.78, 5) is 23.2. The van der Waals surface area contributed by atoms with Crippen LogP contribution in [0.25, 0.3) is 0 Å². The predicted octanol–water partition coefficient (Wildman–Crippen LogP) is 2.71. The van der Waals surface area contributed by atoms with Crippen LogP contribution in [0, 0.1) is 13.8 Å². The lowest BCUT2D eigenvalue weighted by atomic mass is 10.1. The zero-order chi connectivity index (χ0) is 15.3. The lowest BCUT2D eigenvalue weighted by Crippen LogP contribution is -2.29. The number of aryl methyl sites for hydroxylation is 2. The Kier molecular flexibility index (Phi) is 5.82. The number of carboxylic acid groups (broad SMARTS) is 2. The van der Waals surface area contributed by atoms with E-state index in [0.717, 1.165) is 11.1 Å². The zero-order valence-electron chi connectivity index (χ0n) is 11.5. The predicted molar refractivity (Wildman–Crippen MR) is 77.6 cm³/mol. The van der Waals surface area contributed by atoms with Gasteiger partial charge in [-0.1, -0.05) is 17.7 Å². The first kappa shape index (κ1) is 16.3. The Labute approximate surface area is 122 Å². The Morgan fingerprint density at radius 3 is 2.00 bits per heavy atom. The van der Waals surface area contributed by atoms with Gasteiger partial charge in [-0.05, 0) is 31.0 Å². The molecule has 0 saturated carbocycles. The van der Waals surface area contributed by atoms with Gasteiger partial charge in [-0.3, -0.25) is 9.59 Å². The van der Waals surface area contributed by atoms with Crippen molar-refractivity contribution in [3.05, 3.63) is 28.3 Å². The van der Waals surface area contributed by atoms with Crippen molar-refractivity contribution in [2.24, 2.45) is 0 Å². The van der Waals surface area contributed by atoms with Crippen molar-refractivity contribution in [3.63, 3.8) is 0 Å². The van der Waals surface area contributed by atoms with E-state index in [1.807, 2.05) is 19.9 Å². The first-order chi connectivity index (χ1) is 9.31. The molecule has 0 aromatic heterocycles. The van der Waals surface area contributed by atoms with Crippen LogP contribution in [0.5, 0.6) is 0 Å². The second-order valence-corrected chi connectivity index (χ2v) is 5.09. The molecule has 6 heteroatoms. The van der Waals surface area contributed by atoms with Crippen molar-refractivity contribution < 1.29 is 19.8 Å². The van der Waals surface area contributed by atoms with Crippen LogP contribution in [0.2, 0.25) is 5.02 Å². The number of hydrogen-bond donors (Lipinski definition) is 2. The van der Waals surface area contributed by atoms with E-state index >= 15 is 0 Å². The maximum atomic E-state index is 10.7. The van der Waals surface area contributed by atoms with Gasteiger partial charge in [-0.2, -0.15) is 0 Å². The molecule has 0 atom stereocenters. The van der Waals surface area contributed by atoms with Crippen molar-refractivity contribution in [1.29, 1.82) is 0 Å². The summed E-state index contributed by atoms with van der Waals surface area (Å²) in [6.07, 6.45) is -0.132. The SMILES string of the molecule is Cc1cc(C)c(N(CCC(=O)O)CCC(=O)O)c(Cl)c1. The van der Waals surface area contributed by atoms with Gasteiger partial charge in [0.1, 0.15) is 0 Å². The van der Waals surface area contributed by atoms with Crippen molar-refractivity contribution in [2.75, 3.05) is 18.0 Å². The highest BCUT2D eigenvalue weighted by molar-refractivity contribution is 6.33. The second kappa shape index (κ2) is 7.14. The number of benzene rings is 1. The first-order valence-corrected chi connectivity index (χ1v) is 6.64. The monoisotopic (exact) mass is 299 g/mol. The van der Waals surface area contributed by atoms with Gasteiger partial charge in [0.15, 0.2) is 0 Å². The van der Waals surface area contributed by atoms with Crippen molar-refractivity contribution in [3.8, 4) is 0 Å². The summed E-state index contributed by atoms with van der Waals surface area (Å²) in [5.74, 6) is -1.85. The van der Waals surface area contributed by atoms with Crippen LogP contribution in [-0.2, 0) is 9.59 Å². The third-order valence-electron chi connectivity index (χ3n) is 2.91. The Morgan fingerprint density at radius 2 is 1.60 bits per heavy atom. The van der Waals surface area contributed by atoms with Gasteiger partial charge >= 0.3 is 11.9 Å². The summed E-state index contributed by atoms with van der Waals surface area (Å²) >= 11 is 6.22. The maximum absolute atomic E-state index is 10.7. The molecule has 5 nitrogen and oxygen atoms in total. The number of aliphatic carboxylic acids is 2. The molecule has 0 unspecified atom stereocenters. The average Bonchev–Trinajstić information content (AvgIpc) is 2.29. The highest BCUT2D eigenvalue weighted by Gasteiger charge is 2.16. The molecule has 0 aliphatic heterocycles. The Bertz CT molecular complexity index is 475. The van der Waals surface area contributed by atoms with E-state index in [1.165, 1.54) is 0 Å². The number of carboxylic acids is 2. The minimum atomic E-state index is -0.925. The molecule has 0 saturated heterocycles. The van der Waals surface area contributed by atoms with Gasteiger partial charge in [-0.15, -0.1) is 0 Å². The summed E-state index contributed by atoms with van der Waals surface area (Å²) in [5, 5.41) is 18.1. The molecular formula is C14H18ClNO4. The lowest BCUT2D eigenvalue weighted by Gasteiger charge is -2.26. The molecule has 0 aliphatic carbocycles. The molecule has 1 aromatic rings. The third-order valence-corrected chi connectivity index (χ3v) is 3.19. The van der Waals surface area contributed by atoms with Crippen LogP contribution in [0.4, 0.5) is 5.69 Å². The number of halogens is 1. The fourth-order valence-corrected chi connectivity index (χ4v) is 2.55. The second-order valence-electron chi connectivity index (χ2n) is 4.69. The van der Waals surface area contributed by atoms with Crippen LogP contribution >= 0.6 is 11.6 Å². The van der Waals surface area contributed by atoms with Gasteiger partial charge in [0.05, 0.1) is 23.6 Å². The molecule has 0 bridgehead atoms. The van der Waals surface area contributed by atoms with E-state index in [-0.39, 0.29) is 25.9 Å². The fraction of sp³-hybridized carbons (Fsp3) is 0.429. The molecule has 110 valence electrons. The molecule has 1 aromatic carbocycles. The Balaban J connectivity index is 3.02. The molecule has 0 fully saturated rings.